The van der Waals surface area contributed by atoms with Gasteiger partial charge < -0.3 is 20.3 Å². The molecule has 14 heavy (non-hydrogen) atoms. The molecule has 0 unspecified atom stereocenters. The summed E-state index contributed by atoms with van der Waals surface area (Å²) in [6.45, 7) is 0.210. The Kier molecular flexibility index (Phi) is 1.32. The van der Waals surface area contributed by atoms with E-state index in [-0.39, 0.29) is 12.5 Å². The summed E-state index contributed by atoms with van der Waals surface area (Å²) in [7, 11) is 0. The number of aromatic hydroxyl groups is 1. The van der Waals surface area contributed by atoms with Gasteiger partial charge in [0, 0.05) is 5.54 Å². The van der Waals surface area contributed by atoms with Crippen molar-refractivity contribution in [3.05, 3.63) is 17.7 Å². The van der Waals surface area contributed by atoms with Gasteiger partial charge in [-0.25, -0.2) is 0 Å². The molecule has 3 N–H and O–H groups in total. The third-order valence-electron chi connectivity index (χ3n) is 2.80. The molecule has 1 aliphatic carbocycles. The van der Waals surface area contributed by atoms with Crippen molar-refractivity contribution in [1.29, 1.82) is 0 Å². The first-order valence-corrected chi connectivity index (χ1v) is 4.62. The summed E-state index contributed by atoms with van der Waals surface area (Å²) in [6.07, 6.45) is 1.78. The van der Waals surface area contributed by atoms with E-state index in [4.69, 9.17) is 15.2 Å². The fourth-order valence-corrected chi connectivity index (χ4v) is 1.83. The zero-order valence-electron chi connectivity index (χ0n) is 7.62. The summed E-state index contributed by atoms with van der Waals surface area (Å²) in [5.74, 6) is 1.49. The van der Waals surface area contributed by atoms with Crippen molar-refractivity contribution in [3.8, 4) is 17.2 Å². The van der Waals surface area contributed by atoms with E-state index in [1.165, 1.54) is 0 Å². The molecule has 0 radical (unpaired) electrons. The van der Waals surface area contributed by atoms with Gasteiger partial charge in [-0.15, -0.1) is 0 Å². The van der Waals surface area contributed by atoms with E-state index >= 15 is 0 Å². The normalized spacial score (nSPS) is 20.9. The van der Waals surface area contributed by atoms with Crippen LogP contribution in [0, 0.1) is 0 Å². The van der Waals surface area contributed by atoms with Gasteiger partial charge in [0.1, 0.15) is 5.75 Å². The molecule has 2 aliphatic rings. The molecule has 1 saturated carbocycles. The van der Waals surface area contributed by atoms with Gasteiger partial charge in [-0.1, -0.05) is 0 Å². The number of rotatable bonds is 1. The molecular weight excluding hydrogens is 182 g/mol. The van der Waals surface area contributed by atoms with Crippen LogP contribution in [-0.2, 0) is 5.54 Å². The van der Waals surface area contributed by atoms with Gasteiger partial charge in [-0.2, -0.15) is 0 Å². The molecule has 0 spiro atoms. The van der Waals surface area contributed by atoms with Crippen LogP contribution in [0.15, 0.2) is 12.1 Å². The van der Waals surface area contributed by atoms with Crippen LogP contribution in [0.25, 0.3) is 0 Å². The fraction of sp³-hybridized carbons (Fsp3) is 0.400. The van der Waals surface area contributed by atoms with E-state index in [0.29, 0.717) is 17.1 Å². The molecule has 1 aromatic rings. The van der Waals surface area contributed by atoms with Crippen LogP contribution in [0.3, 0.4) is 0 Å². The number of hydrogen-bond acceptors (Lipinski definition) is 4. The maximum absolute atomic E-state index is 9.73. The predicted molar refractivity (Wildman–Crippen MR) is 49.3 cm³/mol. The average Bonchev–Trinajstić information content (AvgIpc) is 2.74. The molecule has 0 aromatic heterocycles. The lowest BCUT2D eigenvalue weighted by molar-refractivity contribution is 0.172. The fourth-order valence-electron chi connectivity index (χ4n) is 1.83. The van der Waals surface area contributed by atoms with E-state index < -0.39 is 5.54 Å². The molecule has 1 heterocycles. The highest BCUT2D eigenvalue weighted by molar-refractivity contribution is 5.59. The number of benzene rings is 1. The quantitative estimate of drug-likeness (QED) is 0.700. The summed E-state index contributed by atoms with van der Waals surface area (Å²) < 4.78 is 10.5. The summed E-state index contributed by atoms with van der Waals surface area (Å²) in [5, 5.41) is 9.73. The molecule has 4 nitrogen and oxygen atoms in total. The Labute approximate surface area is 81.2 Å². The second-order valence-electron chi connectivity index (χ2n) is 3.85. The van der Waals surface area contributed by atoms with Crippen molar-refractivity contribution in [2.24, 2.45) is 5.73 Å². The summed E-state index contributed by atoms with van der Waals surface area (Å²) >= 11 is 0. The Hall–Kier alpha value is -1.42. The lowest BCUT2D eigenvalue weighted by Crippen LogP contribution is -2.19. The molecule has 1 aromatic carbocycles. The highest BCUT2D eigenvalue weighted by atomic mass is 16.7. The van der Waals surface area contributed by atoms with Crippen LogP contribution < -0.4 is 15.2 Å². The third-order valence-corrected chi connectivity index (χ3v) is 2.80. The lowest BCUT2D eigenvalue weighted by atomic mass is 10.0. The summed E-state index contributed by atoms with van der Waals surface area (Å²) in [4.78, 5) is 0. The summed E-state index contributed by atoms with van der Waals surface area (Å²) in [6, 6.07) is 3.31. The molecule has 3 rings (SSSR count). The predicted octanol–water partition coefficient (Wildman–Crippen LogP) is 1.07. The van der Waals surface area contributed by atoms with E-state index in [0.717, 1.165) is 12.8 Å². The van der Waals surface area contributed by atoms with Crippen LogP contribution in [0.4, 0.5) is 0 Å². The number of ether oxygens (including phenoxy) is 2. The molecule has 0 saturated heterocycles. The van der Waals surface area contributed by atoms with Gasteiger partial charge in [0.15, 0.2) is 11.5 Å². The maximum Gasteiger partial charge on any atom is 0.231 e. The first kappa shape index (κ1) is 7.94. The van der Waals surface area contributed by atoms with Crippen molar-refractivity contribution < 1.29 is 14.6 Å². The van der Waals surface area contributed by atoms with Crippen LogP contribution >= 0.6 is 0 Å². The van der Waals surface area contributed by atoms with Gasteiger partial charge in [0.25, 0.3) is 0 Å². The van der Waals surface area contributed by atoms with Gasteiger partial charge in [-0.3, -0.25) is 0 Å². The Morgan fingerprint density at radius 1 is 1.29 bits per heavy atom. The minimum Gasteiger partial charge on any atom is -0.507 e. The molecule has 0 atom stereocenters. The largest absolute Gasteiger partial charge is 0.507 e. The van der Waals surface area contributed by atoms with E-state index in [9.17, 15) is 5.11 Å². The van der Waals surface area contributed by atoms with Gasteiger partial charge in [0.05, 0.1) is 5.56 Å². The lowest BCUT2D eigenvalue weighted by Gasteiger charge is -2.13. The van der Waals surface area contributed by atoms with Crippen molar-refractivity contribution in [3.63, 3.8) is 0 Å². The number of hydrogen-bond donors (Lipinski definition) is 2. The Bertz CT molecular complexity index is 399. The van der Waals surface area contributed by atoms with Gasteiger partial charge in [-0.05, 0) is 25.0 Å². The van der Waals surface area contributed by atoms with E-state index in [2.05, 4.69) is 0 Å². The summed E-state index contributed by atoms with van der Waals surface area (Å²) in [5.41, 5.74) is 6.35. The molecule has 4 heteroatoms. The number of phenols is 1. The van der Waals surface area contributed by atoms with Crippen molar-refractivity contribution in [1.82, 2.24) is 0 Å². The maximum atomic E-state index is 9.73. The molecule has 0 bridgehead atoms. The van der Waals surface area contributed by atoms with Crippen molar-refractivity contribution in [2.45, 2.75) is 18.4 Å². The number of fused-ring (bicyclic) bond motifs is 1. The number of nitrogens with two attached hydrogens (primary N) is 1. The van der Waals surface area contributed by atoms with Crippen LogP contribution in [0.1, 0.15) is 18.4 Å². The second-order valence-corrected chi connectivity index (χ2v) is 3.85. The van der Waals surface area contributed by atoms with E-state index in [1.54, 1.807) is 12.1 Å². The minimum absolute atomic E-state index is 0.203. The smallest absolute Gasteiger partial charge is 0.231 e. The van der Waals surface area contributed by atoms with Crippen molar-refractivity contribution in [2.75, 3.05) is 6.79 Å². The highest BCUT2D eigenvalue weighted by Crippen LogP contribution is 2.53. The monoisotopic (exact) mass is 193 g/mol. The van der Waals surface area contributed by atoms with Crippen molar-refractivity contribution >= 4 is 0 Å². The molecule has 1 fully saturated rings. The molecule has 1 aliphatic heterocycles. The van der Waals surface area contributed by atoms with Crippen LogP contribution in [-0.4, -0.2) is 11.9 Å². The standard InChI is InChI=1S/C10H11NO3/c11-10(3-4-10)8-6(12)1-2-7-9(8)14-5-13-7/h1-2,12H,3-5,11H2. The zero-order valence-corrected chi connectivity index (χ0v) is 7.62. The first-order chi connectivity index (χ1) is 6.71. The minimum atomic E-state index is -0.400. The Morgan fingerprint density at radius 3 is 2.79 bits per heavy atom. The topological polar surface area (TPSA) is 64.7 Å². The van der Waals surface area contributed by atoms with Gasteiger partial charge >= 0.3 is 0 Å². The number of phenolic OH excluding ortho intramolecular Hbond substituents is 1. The molecule has 0 amide bonds. The third kappa shape index (κ3) is 0.915. The van der Waals surface area contributed by atoms with Crippen LogP contribution in [0.5, 0.6) is 17.2 Å². The van der Waals surface area contributed by atoms with E-state index in [1.807, 2.05) is 0 Å². The second kappa shape index (κ2) is 2.33. The SMILES string of the molecule is NC1(c2c(O)ccc3c2OCO3)CC1. The molecular formula is C10H11NO3. The Balaban J connectivity index is 2.21. The van der Waals surface area contributed by atoms with Crippen LogP contribution in [0.2, 0.25) is 0 Å². The molecule has 74 valence electrons. The highest BCUT2D eigenvalue weighted by Gasteiger charge is 2.46. The zero-order chi connectivity index (χ0) is 9.76. The Morgan fingerprint density at radius 2 is 2.07 bits per heavy atom. The van der Waals surface area contributed by atoms with Gasteiger partial charge in [0.2, 0.25) is 6.79 Å². The average molecular weight is 193 g/mol. The first-order valence-electron chi connectivity index (χ1n) is 4.62.